The van der Waals surface area contributed by atoms with E-state index in [1.54, 1.807) is 6.20 Å². The van der Waals surface area contributed by atoms with Gasteiger partial charge in [0.15, 0.2) is 5.96 Å². The summed E-state index contributed by atoms with van der Waals surface area (Å²) in [6, 6.07) is 14.1. The summed E-state index contributed by atoms with van der Waals surface area (Å²) >= 11 is 0. The molecule has 1 aliphatic rings. The van der Waals surface area contributed by atoms with E-state index in [9.17, 15) is 0 Å². The molecule has 26 heavy (non-hydrogen) atoms. The second kappa shape index (κ2) is 10.8. The zero-order valence-electron chi connectivity index (χ0n) is 14.7. The van der Waals surface area contributed by atoms with E-state index >= 15 is 0 Å². The molecule has 0 radical (unpaired) electrons. The maximum absolute atomic E-state index is 6.04. The second-order valence-electron chi connectivity index (χ2n) is 5.99. The number of hydrogen-bond donors (Lipinski definition) is 3. The van der Waals surface area contributed by atoms with Crippen molar-refractivity contribution in [2.24, 2.45) is 10.7 Å². The van der Waals surface area contributed by atoms with Crippen LogP contribution < -0.4 is 21.1 Å². The van der Waals surface area contributed by atoms with Crippen molar-refractivity contribution >= 4 is 35.8 Å². The fourth-order valence-corrected chi connectivity index (χ4v) is 2.84. The van der Waals surface area contributed by atoms with Gasteiger partial charge < -0.3 is 21.1 Å². The number of fused-ring (bicyclic) bond motifs is 1. The summed E-state index contributed by atoms with van der Waals surface area (Å²) in [6.45, 7) is 2.29. The summed E-state index contributed by atoms with van der Waals surface area (Å²) < 4.78 is 5.66. The molecular weight excluding hydrogens is 441 g/mol. The van der Waals surface area contributed by atoms with Crippen LogP contribution in [0.1, 0.15) is 30.9 Å². The Bertz CT molecular complexity index is 695. The summed E-state index contributed by atoms with van der Waals surface area (Å²) in [6.07, 6.45) is 4.68. The number of pyridine rings is 1. The van der Waals surface area contributed by atoms with Crippen molar-refractivity contribution in [1.29, 1.82) is 0 Å². The molecule has 0 saturated heterocycles. The highest BCUT2D eigenvalue weighted by Gasteiger charge is 2.20. The van der Waals surface area contributed by atoms with Crippen LogP contribution in [0.3, 0.4) is 0 Å². The first-order valence-corrected chi connectivity index (χ1v) is 8.76. The Kier molecular flexibility index (Phi) is 8.46. The van der Waals surface area contributed by atoms with Gasteiger partial charge in [0.25, 0.3) is 0 Å². The third kappa shape index (κ3) is 6.05. The lowest BCUT2D eigenvalue weighted by atomic mass is 10.0. The number of benzene rings is 1. The Morgan fingerprint density at radius 2 is 2.04 bits per heavy atom. The molecule has 1 aliphatic heterocycles. The normalized spacial score (nSPS) is 16.0. The SMILES string of the molecule is I.NC(=NCCCCNc1ccccn1)NC1CCOc2ccccc21. The van der Waals surface area contributed by atoms with E-state index in [2.05, 4.69) is 26.7 Å². The summed E-state index contributed by atoms with van der Waals surface area (Å²) in [5.74, 6) is 2.34. The molecule has 7 heteroatoms. The van der Waals surface area contributed by atoms with Crippen LogP contribution in [-0.4, -0.2) is 30.6 Å². The highest BCUT2D eigenvalue weighted by Crippen LogP contribution is 2.31. The predicted octanol–water partition coefficient (Wildman–Crippen LogP) is 3.32. The molecule has 0 spiro atoms. The molecule has 0 aliphatic carbocycles. The molecule has 6 nitrogen and oxygen atoms in total. The zero-order chi connectivity index (χ0) is 17.3. The first-order chi connectivity index (χ1) is 12.3. The van der Waals surface area contributed by atoms with Crippen LogP contribution in [-0.2, 0) is 0 Å². The lowest BCUT2D eigenvalue weighted by Crippen LogP contribution is -2.37. The Labute approximate surface area is 171 Å². The molecule has 0 bridgehead atoms. The number of nitrogens with two attached hydrogens (primary N) is 1. The van der Waals surface area contributed by atoms with Crippen LogP contribution in [0.25, 0.3) is 0 Å². The molecule has 0 amide bonds. The van der Waals surface area contributed by atoms with E-state index in [0.717, 1.165) is 42.9 Å². The van der Waals surface area contributed by atoms with E-state index in [1.165, 1.54) is 0 Å². The van der Waals surface area contributed by atoms with Crippen LogP contribution in [0.5, 0.6) is 5.75 Å². The maximum Gasteiger partial charge on any atom is 0.189 e. The summed E-state index contributed by atoms with van der Waals surface area (Å²) in [5.41, 5.74) is 7.18. The number of guanidine groups is 1. The first kappa shape index (κ1) is 20.3. The Morgan fingerprint density at radius 1 is 1.19 bits per heavy atom. The van der Waals surface area contributed by atoms with Gasteiger partial charge in [-0.15, -0.1) is 24.0 Å². The van der Waals surface area contributed by atoms with E-state index in [0.29, 0.717) is 19.1 Å². The van der Waals surface area contributed by atoms with Gasteiger partial charge in [0.1, 0.15) is 11.6 Å². The molecule has 140 valence electrons. The Balaban J connectivity index is 0.00000243. The number of aliphatic imine (C=N–C) groups is 1. The van der Waals surface area contributed by atoms with Gasteiger partial charge in [0.05, 0.1) is 12.6 Å². The largest absolute Gasteiger partial charge is 0.493 e. The lowest BCUT2D eigenvalue weighted by molar-refractivity contribution is 0.262. The van der Waals surface area contributed by atoms with Crippen LogP contribution in [0.4, 0.5) is 5.82 Å². The highest BCUT2D eigenvalue weighted by molar-refractivity contribution is 14.0. The van der Waals surface area contributed by atoms with Gasteiger partial charge >= 0.3 is 0 Å². The van der Waals surface area contributed by atoms with Gasteiger partial charge in [-0.2, -0.15) is 0 Å². The Morgan fingerprint density at radius 3 is 2.88 bits per heavy atom. The maximum atomic E-state index is 6.04. The summed E-state index contributed by atoms with van der Waals surface area (Å²) in [7, 11) is 0. The van der Waals surface area contributed by atoms with Crippen molar-refractivity contribution in [3.05, 3.63) is 54.2 Å². The van der Waals surface area contributed by atoms with Crippen molar-refractivity contribution in [1.82, 2.24) is 10.3 Å². The second-order valence-corrected chi connectivity index (χ2v) is 5.99. The van der Waals surface area contributed by atoms with Crippen molar-refractivity contribution in [2.75, 3.05) is 25.0 Å². The number of aromatic nitrogens is 1. The van der Waals surface area contributed by atoms with Crippen molar-refractivity contribution in [2.45, 2.75) is 25.3 Å². The number of unbranched alkanes of at least 4 members (excludes halogenated alkanes) is 1. The van der Waals surface area contributed by atoms with Gasteiger partial charge in [-0.05, 0) is 31.0 Å². The van der Waals surface area contributed by atoms with Crippen LogP contribution in [0, 0.1) is 0 Å². The van der Waals surface area contributed by atoms with E-state index in [1.807, 2.05) is 36.4 Å². The molecular formula is C19H26IN5O. The van der Waals surface area contributed by atoms with Gasteiger partial charge in [-0.25, -0.2) is 4.98 Å². The van der Waals surface area contributed by atoms with Gasteiger partial charge in [0.2, 0.25) is 0 Å². The lowest BCUT2D eigenvalue weighted by Gasteiger charge is -2.26. The molecule has 1 unspecified atom stereocenters. The average molecular weight is 467 g/mol. The minimum absolute atomic E-state index is 0. The molecule has 1 atom stereocenters. The number of halogens is 1. The molecule has 4 N–H and O–H groups in total. The van der Waals surface area contributed by atoms with Crippen LogP contribution >= 0.6 is 24.0 Å². The van der Waals surface area contributed by atoms with Crippen molar-refractivity contribution < 1.29 is 4.74 Å². The number of anilines is 1. The van der Waals surface area contributed by atoms with E-state index in [-0.39, 0.29) is 30.0 Å². The summed E-state index contributed by atoms with van der Waals surface area (Å²) in [4.78, 5) is 8.66. The van der Waals surface area contributed by atoms with Crippen LogP contribution in [0.15, 0.2) is 53.7 Å². The molecule has 0 saturated carbocycles. The Hall–Kier alpha value is -2.03. The standard InChI is InChI=1S/C19H25N5O.HI/c20-19(23-13-6-5-12-22-18-9-3-4-11-21-18)24-16-10-14-25-17-8-2-1-7-15(16)17;/h1-4,7-9,11,16H,5-6,10,12-14H2,(H,21,22)(H3,20,23,24);1H. The number of ether oxygens (including phenoxy) is 1. The van der Waals surface area contributed by atoms with Gasteiger partial charge in [0, 0.05) is 31.3 Å². The number of para-hydroxylation sites is 1. The van der Waals surface area contributed by atoms with E-state index < -0.39 is 0 Å². The van der Waals surface area contributed by atoms with E-state index in [4.69, 9.17) is 10.5 Å². The average Bonchev–Trinajstić information content (AvgIpc) is 2.66. The fraction of sp³-hybridized carbons (Fsp3) is 0.368. The third-order valence-electron chi connectivity index (χ3n) is 4.12. The number of nitrogens with one attached hydrogen (secondary N) is 2. The topological polar surface area (TPSA) is 84.6 Å². The first-order valence-electron chi connectivity index (χ1n) is 8.76. The molecule has 1 aromatic carbocycles. The van der Waals surface area contributed by atoms with Crippen LogP contribution in [0.2, 0.25) is 0 Å². The minimum Gasteiger partial charge on any atom is -0.493 e. The monoisotopic (exact) mass is 467 g/mol. The predicted molar refractivity (Wildman–Crippen MR) is 116 cm³/mol. The smallest absolute Gasteiger partial charge is 0.189 e. The number of rotatable bonds is 7. The molecule has 3 rings (SSSR count). The fourth-order valence-electron chi connectivity index (χ4n) is 2.84. The number of hydrogen-bond acceptors (Lipinski definition) is 4. The molecule has 2 aromatic rings. The quantitative estimate of drug-likeness (QED) is 0.252. The number of nitrogens with zero attached hydrogens (tertiary/aromatic N) is 2. The molecule has 0 fully saturated rings. The molecule has 1 aromatic heterocycles. The van der Waals surface area contributed by atoms with Gasteiger partial charge in [-0.1, -0.05) is 24.3 Å². The minimum atomic E-state index is 0. The van der Waals surface area contributed by atoms with Crippen molar-refractivity contribution in [3.63, 3.8) is 0 Å². The zero-order valence-corrected chi connectivity index (χ0v) is 17.1. The van der Waals surface area contributed by atoms with Gasteiger partial charge in [-0.3, -0.25) is 4.99 Å². The highest BCUT2D eigenvalue weighted by atomic mass is 127. The summed E-state index contributed by atoms with van der Waals surface area (Å²) in [5, 5.41) is 6.60. The third-order valence-corrected chi connectivity index (χ3v) is 4.12. The van der Waals surface area contributed by atoms with Crippen molar-refractivity contribution in [3.8, 4) is 5.75 Å². The molecule has 2 heterocycles.